The van der Waals surface area contributed by atoms with Crippen LogP contribution in [-0.4, -0.2) is 25.2 Å². The van der Waals surface area contributed by atoms with Gasteiger partial charge in [-0.25, -0.2) is 0 Å². The largest absolute Gasteiger partial charge is 0.479 e. The van der Waals surface area contributed by atoms with Gasteiger partial charge in [0.05, 0.1) is 0 Å². The molecule has 2 rings (SSSR count). The van der Waals surface area contributed by atoms with Gasteiger partial charge in [0.1, 0.15) is 11.8 Å². The highest BCUT2D eigenvalue weighted by molar-refractivity contribution is 5.47. The Morgan fingerprint density at radius 2 is 2.14 bits per heavy atom. The molecular formula is C17H25N3O. The van der Waals surface area contributed by atoms with Crippen molar-refractivity contribution < 1.29 is 4.74 Å². The normalized spacial score (nSPS) is 20.1. The van der Waals surface area contributed by atoms with Crippen LogP contribution in [0.5, 0.6) is 5.75 Å². The minimum Gasteiger partial charge on any atom is -0.479 e. The van der Waals surface area contributed by atoms with Crippen molar-refractivity contribution in [1.82, 2.24) is 5.32 Å². The van der Waals surface area contributed by atoms with Gasteiger partial charge in [0.2, 0.25) is 0 Å². The summed E-state index contributed by atoms with van der Waals surface area (Å²) in [5, 5.41) is 15.7. The van der Waals surface area contributed by atoms with Crippen LogP contribution in [0.25, 0.3) is 0 Å². The lowest BCUT2D eigenvalue weighted by Crippen LogP contribution is -2.33. The molecule has 1 fully saturated rings. The Labute approximate surface area is 127 Å². The minimum absolute atomic E-state index is 0.0938. The number of nitrogens with zero attached hydrogens (tertiary/aromatic N) is 1. The fourth-order valence-corrected chi connectivity index (χ4v) is 2.84. The molecular weight excluding hydrogens is 262 g/mol. The van der Waals surface area contributed by atoms with Crippen LogP contribution < -0.4 is 15.4 Å². The average molecular weight is 287 g/mol. The molecule has 2 N–H and O–H groups in total. The highest BCUT2D eigenvalue weighted by Crippen LogP contribution is 2.18. The summed E-state index contributed by atoms with van der Waals surface area (Å²) < 4.78 is 5.25. The van der Waals surface area contributed by atoms with Gasteiger partial charge >= 0.3 is 0 Å². The Hall–Kier alpha value is -1.73. The quantitative estimate of drug-likeness (QED) is 0.843. The van der Waals surface area contributed by atoms with Crippen LogP contribution in [0.3, 0.4) is 0 Å². The van der Waals surface area contributed by atoms with E-state index in [4.69, 9.17) is 10.00 Å². The zero-order valence-corrected chi connectivity index (χ0v) is 12.8. The molecule has 1 saturated heterocycles. The second-order valence-electron chi connectivity index (χ2n) is 5.75. The number of anilines is 1. The minimum atomic E-state index is 0.0938. The smallest absolute Gasteiger partial charge is 0.174 e. The maximum atomic E-state index is 8.48. The molecule has 0 aromatic heterocycles. The van der Waals surface area contributed by atoms with E-state index in [2.05, 4.69) is 17.6 Å². The van der Waals surface area contributed by atoms with Gasteiger partial charge in [0.15, 0.2) is 6.61 Å². The maximum absolute atomic E-state index is 8.48. The Kier molecular flexibility index (Phi) is 6.36. The van der Waals surface area contributed by atoms with Crippen molar-refractivity contribution in [3.05, 3.63) is 24.3 Å². The van der Waals surface area contributed by atoms with Crippen LogP contribution in [0, 0.1) is 11.3 Å². The van der Waals surface area contributed by atoms with Crippen molar-refractivity contribution in [3.63, 3.8) is 0 Å². The lowest BCUT2D eigenvalue weighted by Gasteiger charge is -2.22. The van der Waals surface area contributed by atoms with Gasteiger partial charge in [-0.05, 0) is 57.0 Å². The molecule has 1 aliphatic heterocycles. The number of nitriles is 1. The summed E-state index contributed by atoms with van der Waals surface area (Å²) in [6.07, 6.45) is 6.44. The van der Waals surface area contributed by atoms with Gasteiger partial charge in [0.25, 0.3) is 0 Å². The van der Waals surface area contributed by atoms with Gasteiger partial charge in [0, 0.05) is 17.8 Å². The monoisotopic (exact) mass is 287 g/mol. The van der Waals surface area contributed by atoms with Crippen molar-refractivity contribution in [3.8, 4) is 11.8 Å². The van der Waals surface area contributed by atoms with Crippen LogP contribution >= 0.6 is 0 Å². The molecule has 0 bridgehead atoms. The molecule has 4 heteroatoms. The number of hydrogen-bond donors (Lipinski definition) is 2. The lowest BCUT2D eigenvalue weighted by atomic mass is 10.0. The molecule has 2 atom stereocenters. The molecule has 1 aliphatic rings. The summed E-state index contributed by atoms with van der Waals surface area (Å²) in [6.45, 7) is 3.48. The van der Waals surface area contributed by atoms with Crippen LogP contribution in [0.2, 0.25) is 0 Å². The maximum Gasteiger partial charge on any atom is 0.174 e. The first-order chi connectivity index (χ1) is 10.3. The summed E-state index contributed by atoms with van der Waals surface area (Å²) in [5.74, 6) is 0.736. The Morgan fingerprint density at radius 1 is 1.33 bits per heavy atom. The number of nitrogens with one attached hydrogen (secondary N) is 2. The first-order valence-electron chi connectivity index (χ1n) is 7.87. The number of ether oxygens (including phenoxy) is 1. The van der Waals surface area contributed by atoms with Gasteiger partial charge in [-0.1, -0.05) is 12.8 Å². The topological polar surface area (TPSA) is 57.1 Å². The van der Waals surface area contributed by atoms with E-state index in [1.807, 2.05) is 30.3 Å². The zero-order chi connectivity index (χ0) is 14.9. The predicted molar refractivity (Wildman–Crippen MR) is 85.5 cm³/mol. The van der Waals surface area contributed by atoms with E-state index >= 15 is 0 Å². The molecule has 0 spiro atoms. The van der Waals surface area contributed by atoms with E-state index in [0.717, 1.165) is 24.4 Å². The van der Waals surface area contributed by atoms with E-state index in [1.165, 1.54) is 25.7 Å². The summed E-state index contributed by atoms with van der Waals surface area (Å²) in [4.78, 5) is 0. The summed E-state index contributed by atoms with van der Waals surface area (Å²) in [7, 11) is 0. The lowest BCUT2D eigenvalue weighted by molar-refractivity contribution is 0.368. The fourth-order valence-electron chi connectivity index (χ4n) is 2.84. The molecule has 0 aliphatic carbocycles. The number of hydrogen-bond acceptors (Lipinski definition) is 4. The van der Waals surface area contributed by atoms with Crippen molar-refractivity contribution >= 4 is 5.69 Å². The Morgan fingerprint density at radius 3 is 2.90 bits per heavy atom. The van der Waals surface area contributed by atoms with E-state index in [1.54, 1.807) is 0 Å². The van der Waals surface area contributed by atoms with Crippen molar-refractivity contribution in [2.24, 2.45) is 0 Å². The molecule has 114 valence electrons. The first kappa shape index (κ1) is 15.7. The van der Waals surface area contributed by atoms with Gasteiger partial charge in [-0.2, -0.15) is 5.26 Å². The highest BCUT2D eigenvalue weighted by Gasteiger charge is 2.14. The molecule has 0 radical (unpaired) electrons. The summed E-state index contributed by atoms with van der Waals surface area (Å²) >= 11 is 0. The second kappa shape index (κ2) is 8.53. The third-order valence-corrected chi connectivity index (χ3v) is 3.87. The van der Waals surface area contributed by atoms with Gasteiger partial charge in [-0.15, -0.1) is 0 Å². The van der Waals surface area contributed by atoms with Crippen LogP contribution in [0.1, 0.15) is 39.0 Å². The van der Waals surface area contributed by atoms with Gasteiger partial charge < -0.3 is 15.4 Å². The van der Waals surface area contributed by atoms with E-state index in [0.29, 0.717) is 12.1 Å². The first-order valence-corrected chi connectivity index (χ1v) is 7.87. The Bertz CT molecular complexity index is 444. The van der Waals surface area contributed by atoms with E-state index < -0.39 is 0 Å². The summed E-state index contributed by atoms with van der Waals surface area (Å²) in [6, 6.07) is 10.8. The van der Waals surface area contributed by atoms with Crippen LogP contribution in [-0.2, 0) is 0 Å². The molecule has 1 heterocycles. The third kappa shape index (κ3) is 5.65. The SMILES string of the molecule is CC(CC1CCCCCN1)Nc1ccc(OCC#N)cc1. The van der Waals surface area contributed by atoms with E-state index in [9.17, 15) is 0 Å². The Balaban J connectivity index is 1.78. The molecule has 2 unspecified atom stereocenters. The molecule has 21 heavy (non-hydrogen) atoms. The van der Waals surface area contributed by atoms with Gasteiger partial charge in [-0.3, -0.25) is 0 Å². The predicted octanol–water partition coefficient (Wildman–Crippen LogP) is 3.31. The molecule has 0 saturated carbocycles. The third-order valence-electron chi connectivity index (χ3n) is 3.87. The molecule has 4 nitrogen and oxygen atoms in total. The number of benzene rings is 1. The summed E-state index contributed by atoms with van der Waals surface area (Å²) in [5.41, 5.74) is 1.10. The second-order valence-corrected chi connectivity index (χ2v) is 5.75. The molecule has 1 aromatic carbocycles. The van der Waals surface area contributed by atoms with Crippen LogP contribution in [0.4, 0.5) is 5.69 Å². The zero-order valence-electron chi connectivity index (χ0n) is 12.8. The number of rotatable bonds is 6. The highest BCUT2D eigenvalue weighted by atomic mass is 16.5. The molecule has 1 aromatic rings. The molecule has 0 amide bonds. The standard InChI is InChI=1S/C17H25N3O/c1-14(13-16-5-3-2-4-11-19-16)20-15-6-8-17(9-7-15)21-12-10-18/h6-9,14,16,19-20H,2-5,11-13H2,1H3. The van der Waals surface area contributed by atoms with Crippen molar-refractivity contribution in [2.75, 3.05) is 18.5 Å². The van der Waals surface area contributed by atoms with Crippen molar-refractivity contribution in [1.29, 1.82) is 5.26 Å². The van der Waals surface area contributed by atoms with Crippen LogP contribution in [0.15, 0.2) is 24.3 Å². The fraction of sp³-hybridized carbons (Fsp3) is 0.588. The average Bonchev–Trinajstić information content (AvgIpc) is 2.75. The van der Waals surface area contributed by atoms with Crippen molar-refractivity contribution in [2.45, 2.75) is 51.1 Å². The van der Waals surface area contributed by atoms with E-state index in [-0.39, 0.29) is 6.61 Å².